The number of nitrogens with zero attached hydrogens (tertiary/aromatic N) is 1. The van der Waals surface area contributed by atoms with Crippen molar-refractivity contribution in [2.45, 2.75) is 12.8 Å². The van der Waals surface area contributed by atoms with E-state index in [0.29, 0.717) is 0 Å². The summed E-state index contributed by atoms with van der Waals surface area (Å²) < 4.78 is 10.8. The van der Waals surface area contributed by atoms with Crippen LogP contribution in [0.3, 0.4) is 0 Å². The summed E-state index contributed by atoms with van der Waals surface area (Å²) in [6, 6.07) is 0. The van der Waals surface area contributed by atoms with Gasteiger partial charge in [0.1, 0.15) is 0 Å². The van der Waals surface area contributed by atoms with Crippen molar-refractivity contribution in [2.24, 2.45) is 11.0 Å². The summed E-state index contributed by atoms with van der Waals surface area (Å²) in [4.78, 5) is 0. The van der Waals surface area contributed by atoms with Crippen molar-refractivity contribution in [2.75, 3.05) is 13.1 Å². The Hall–Kier alpha value is 0.0700. The first-order chi connectivity index (χ1) is 4.58. The minimum atomic E-state index is -3.04. The van der Waals surface area contributed by atoms with Crippen LogP contribution in [0.1, 0.15) is 12.8 Å². The van der Waals surface area contributed by atoms with Crippen LogP contribution in [-0.4, -0.2) is 18.1 Å². The standard InChI is InChI=1S/C4H13N4OP/c5-10(6,9)7-8-3-1-2-4-8/h1-4H2,(H5,5,6,7,9). The van der Waals surface area contributed by atoms with Gasteiger partial charge in [-0.05, 0) is 12.8 Å². The lowest BCUT2D eigenvalue weighted by molar-refractivity contribution is 0.299. The van der Waals surface area contributed by atoms with Gasteiger partial charge < -0.3 is 0 Å². The maximum absolute atomic E-state index is 10.8. The highest BCUT2D eigenvalue weighted by atomic mass is 31.2. The molecule has 0 atom stereocenters. The summed E-state index contributed by atoms with van der Waals surface area (Å²) in [6.07, 6.45) is 2.24. The molecule has 0 unspecified atom stereocenters. The molecule has 0 spiro atoms. The molecule has 60 valence electrons. The molecule has 1 fully saturated rings. The Balaban J connectivity index is 2.31. The largest absolute Gasteiger partial charge is 0.287 e. The molecule has 0 aromatic carbocycles. The van der Waals surface area contributed by atoms with Crippen LogP contribution in [0, 0.1) is 0 Å². The first-order valence-electron chi connectivity index (χ1n) is 3.28. The van der Waals surface area contributed by atoms with Gasteiger partial charge >= 0.3 is 0 Å². The lowest BCUT2D eigenvalue weighted by Gasteiger charge is -2.18. The predicted octanol–water partition coefficient (Wildman–Crippen LogP) is -0.388. The highest BCUT2D eigenvalue weighted by molar-refractivity contribution is 7.56. The second kappa shape index (κ2) is 2.98. The van der Waals surface area contributed by atoms with Crippen LogP contribution < -0.4 is 16.2 Å². The van der Waals surface area contributed by atoms with Gasteiger partial charge in [0.25, 0.3) is 7.59 Å². The van der Waals surface area contributed by atoms with Crippen LogP contribution in [0.25, 0.3) is 0 Å². The van der Waals surface area contributed by atoms with Gasteiger partial charge in [-0.1, -0.05) is 0 Å². The second-order valence-corrected chi connectivity index (χ2v) is 4.12. The Kier molecular flexibility index (Phi) is 2.44. The summed E-state index contributed by atoms with van der Waals surface area (Å²) in [5, 5.41) is 4.37. The molecule has 0 aromatic rings. The fraction of sp³-hybridized carbons (Fsp3) is 1.00. The SMILES string of the molecule is NP(N)(=O)NN1CCCC1. The number of rotatable bonds is 2. The normalized spacial score (nSPS) is 21.8. The van der Waals surface area contributed by atoms with Crippen LogP contribution in [0.15, 0.2) is 0 Å². The lowest BCUT2D eigenvalue weighted by Crippen LogP contribution is -2.37. The van der Waals surface area contributed by atoms with Gasteiger partial charge in [-0.25, -0.2) is 5.01 Å². The van der Waals surface area contributed by atoms with E-state index in [2.05, 4.69) is 5.20 Å². The van der Waals surface area contributed by atoms with Crippen molar-refractivity contribution in [1.29, 1.82) is 0 Å². The molecule has 10 heavy (non-hydrogen) atoms. The van der Waals surface area contributed by atoms with Crippen molar-refractivity contribution in [3.63, 3.8) is 0 Å². The van der Waals surface area contributed by atoms with Crippen molar-refractivity contribution >= 4 is 7.59 Å². The number of hydrogen-bond donors (Lipinski definition) is 3. The summed E-state index contributed by atoms with van der Waals surface area (Å²) in [6.45, 7) is 1.77. The topological polar surface area (TPSA) is 84.4 Å². The number of nitrogens with one attached hydrogen (secondary N) is 1. The highest BCUT2D eigenvalue weighted by Gasteiger charge is 2.17. The van der Waals surface area contributed by atoms with Gasteiger partial charge in [-0.15, -0.1) is 0 Å². The summed E-state index contributed by atoms with van der Waals surface area (Å²) in [7, 11) is -3.04. The molecule has 5 nitrogen and oxygen atoms in total. The molecular formula is C4H13N4OP. The maximum atomic E-state index is 10.8. The molecule has 6 heteroatoms. The number of nitrogens with two attached hydrogens (primary N) is 2. The van der Waals surface area contributed by atoms with Crippen LogP contribution >= 0.6 is 7.59 Å². The zero-order valence-corrected chi connectivity index (χ0v) is 6.68. The minimum Gasteiger partial charge on any atom is -0.270 e. The van der Waals surface area contributed by atoms with Gasteiger partial charge in [0.05, 0.1) is 0 Å². The molecule has 0 saturated carbocycles. The third kappa shape index (κ3) is 2.77. The van der Waals surface area contributed by atoms with Gasteiger partial charge in [0.15, 0.2) is 0 Å². The van der Waals surface area contributed by atoms with Crippen LogP contribution in [0.2, 0.25) is 0 Å². The number of hydrogen-bond acceptors (Lipinski definition) is 2. The van der Waals surface area contributed by atoms with E-state index in [1.54, 1.807) is 5.01 Å². The van der Waals surface area contributed by atoms with Crippen molar-refractivity contribution in [3.05, 3.63) is 0 Å². The lowest BCUT2D eigenvalue weighted by atomic mass is 10.4. The molecule has 0 amide bonds. The van der Waals surface area contributed by atoms with Crippen molar-refractivity contribution in [3.8, 4) is 0 Å². The fourth-order valence-corrected chi connectivity index (χ4v) is 1.68. The Morgan fingerprint density at radius 1 is 1.30 bits per heavy atom. The molecular weight excluding hydrogens is 151 g/mol. The van der Waals surface area contributed by atoms with E-state index in [-0.39, 0.29) is 0 Å². The molecule has 0 aromatic heterocycles. The van der Waals surface area contributed by atoms with Crippen LogP contribution in [0.4, 0.5) is 0 Å². The van der Waals surface area contributed by atoms with E-state index in [9.17, 15) is 4.57 Å². The molecule has 1 rings (SSSR count). The van der Waals surface area contributed by atoms with Crippen LogP contribution in [-0.2, 0) is 4.57 Å². The zero-order valence-electron chi connectivity index (χ0n) is 5.79. The molecule has 1 saturated heterocycles. The molecule has 0 radical (unpaired) electrons. The Labute approximate surface area is 60.2 Å². The van der Waals surface area contributed by atoms with E-state index in [0.717, 1.165) is 25.9 Å². The average molecular weight is 164 g/mol. The summed E-state index contributed by atoms with van der Waals surface area (Å²) in [5.74, 6) is 0. The molecule has 1 heterocycles. The molecule has 0 aliphatic carbocycles. The molecule has 5 N–H and O–H groups in total. The quantitative estimate of drug-likeness (QED) is 0.484. The van der Waals surface area contributed by atoms with E-state index in [1.165, 1.54) is 0 Å². The molecule has 1 aliphatic rings. The average Bonchev–Trinajstić information content (AvgIpc) is 2.12. The van der Waals surface area contributed by atoms with Gasteiger partial charge in [-0.2, -0.15) is 5.20 Å². The molecule has 1 aliphatic heterocycles. The fourth-order valence-electron chi connectivity index (χ4n) is 1.04. The molecule has 0 bridgehead atoms. The Morgan fingerprint density at radius 2 is 1.80 bits per heavy atom. The minimum absolute atomic E-state index is 0.887. The van der Waals surface area contributed by atoms with Gasteiger partial charge in [0.2, 0.25) is 0 Å². The Bertz CT molecular complexity index is 149. The van der Waals surface area contributed by atoms with E-state index in [4.69, 9.17) is 11.0 Å². The van der Waals surface area contributed by atoms with E-state index < -0.39 is 7.59 Å². The summed E-state index contributed by atoms with van der Waals surface area (Å²) in [5.41, 5.74) is 10.2. The van der Waals surface area contributed by atoms with Crippen molar-refractivity contribution in [1.82, 2.24) is 10.2 Å². The van der Waals surface area contributed by atoms with E-state index in [1.807, 2.05) is 0 Å². The second-order valence-electron chi connectivity index (χ2n) is 2.50. The number of hydrazine groups is 1. The van der Waals surface area contributed by atoms with Gasteiger partial charge in [0, 0.05) is 13.1 Å². The summed E-state index contributed by atoms with van der Waals surface area (Å²) >= 11 is 0. The third-order valence-electron chi connectivity index (χ3n) is 1.40. The highest BCUT2D eigenvalue weighted by Crippen LogP contribution is 2.20. The van der Waals surface area contributed by atoms with E-state index >= 15 is 0 Å². The van der Waals surface area contributed by atoms with Gasteiger partial charge in [-0.3, -0.25) is 15.6 Å². The third-order valence-corrected chi connectivity index (χ3v) is 2.00. The predicted molar refractivity (Wildman–Crippen MR) is 39.9 cm³/mol. The first-order valence-corrected chi connectivity index (χ1v) is 5.12. The van der Waals surface area contributed by atoms with Crippen molar-refractivity contribution < 1.29 is 4.57 Å². The zero-order chi connectivity index (χ0) is 7.61. The smallest absolute Gasteiger partial charge is 0.270 e. The van der Waals surface area contributed by atoms with Crippen LogP contribution in [0.5, 0.6) is 0 Å². The first kappa shape index (κ1) is 8.17. The maximum Gasteiger partial charge on any atom is 0.287 e. The monoisotopic (exact) mass is 164 g/mol. The Morgan fingerprint density at radius 3 is 2.20 bits per heavy atom.